The number of benzene rings is 1. The quantitative estimate of drug-likeness (QED) is 0.538. The molecule has 0 fully saturated rings. The van der Waals surface area contributed by atoms with Crippen molar-refractivity contribution in [2.45, 2.75) is 26.7 Å². The predicted octanol–water partition coefficient (Wildman–Crippen LogP) is 3.71. The summed E-state index contributed by atoms with van der Waals surface area (Å²) in [4.78, 5) is 25.0. The lowest BCUT2D eigenvalue weighted by Crippen LogP contribution is -2.14. The van der Waals surface area contributed by atoms with E-state index in [2.05, 4.69) is 25.4 Å². The topological polar surface area (TPSA) is 85.1 Å². The lowest BCUT2D eigenvalue weighted by molar-refractivity contribution is -0.116. The number of halogens is 2. The van der Waals surface area contributed by atoms with E-state index in [0.29, 0.717) is 17.3 Å². The monoisotopic (exact) mass is 414 g/mol. The minimum Gasteiger partial charge on any atom is -0.302 e. The molecule has 0 bridgehead atoms. The van der Waals surface area contributed by atoms with Crippen molar-refractivity contribution in [3.05, 3.63) is 58.5 Å². The van der Waals surface area contributed by atoms with Crippen molar-refractivity contribution in [3.8, 4) is 11.3 Å². The van der Waals surface area contributed by atoms with E-state index >= 15 is 0 Å². The van der Waals surface area contributed by atoms with Crippen molar-refractivity contribution < 1.29 is 13.6 Å². The molecule has 4 aromatic rings. The first-order valence-corrected chi connectivity index (χ1v) is 9.67. The molecule has 3 aromatic heterocycles. The lowest BCUT2D eigenvalue weighted by atomic mass is 10.1. The molecule has 29 heavy (non-hydrogen) atoms. The lowest BCUT2D eigenvalue weighted by Gasteiger charge is -2.10. The highest BCUT2D eigenvalue weighted by Gasteiger charge is 2.15. The number of amides is 1. The number of rotatable bonds is 5. The molecule has 0 radical (unpaired) electrons. The predicted molar refractivity (Wildman–Crippen MR) is 105 cm³/mol. The largest absolute Gasteiger partial charge is 0.302 e. The number of aromatic nitrogens is 5. The van der Waals surface area contributed by atoms with E-state index in [9.17, 15) is 13.6 Å². The first kappa shape index (κ1) is 19.1. The molecule has 148 valence electrons. The Balaban J connectivity index is 1.45. The molecule has 3 heterocycles. The number of nitrogens with zero attached hydrogens (tertiary/aromatic N) is 5. The number of hydrogen-bond acceptors (Lipinski definition) is 6. The van der Waals surface area contributed by atoms with Gasteiger partial charge in [0, 0.05) is 28.8 Å². The van der Waals surface area contributed by atoms with Crippen LogP contribution in [0.3, 0.4) is 0 Å². The van der Waals surface area contributed by atoms with E-state index < -0.39 is 11.6 Å². The SMILES string of the molecule is Cc1nc2ncnn2c(C)c1CCC(=O)Nc1nc(-c2cc(F)ccc2F)cs1. The third-order valence-corrected chi connectivity index (χ3v) is 5.30. The van der Waals surface area contributed by atoms with Crippen molar-refractivity contribution in [2.75, 3.05) is 5.32 Å². The molecular formula is C19H16F2N6OS. The van der Waals surface area contributed by atoms with Gasteiger partial charge in [-0.2, -0.15) is 10.1 Å². The maximum Gasteiger partial charge on any atom is 0.252 e. The fourth-order valence-electron chi connectivity index (χ4n) is 3.09. The van der Waals surface area contributed by atoms with Crippen LogP contribution in [0.25, 0.3) is 17.0 Å². The van der Waals surface area contributed by atoms with E-state index in [1.165, 1.54) is 6.33 Å². The second-order valence-electron chi connectivity index (χ2n) is 6.44. The van der Waals surface area contributed by atoms with Gasteiger partial charge in [0.25, 0.3) is 5.78 Å². The molecule has 0 saturated heterocycles. The average molecular weight is 414 g/mol. The Morgan fingerprint density at radius 1 is 1.24 bits per heavy atom. The van der Waals surface area contributed by atoms with Crippen LogP contribution < -0.4 is 5.32 Å². The maximum absolute atomic E-state index is 13.9. The molecular weight excluding hydrogens is 398 g/mol. The van der Waals surface area contributed by atoms with Gasteiger partial charge < -0.3 is 5.32 Å². The third kappa shape index (κ3) is 3.83. The minimum atomic E-state index is -0.573. The summed E-state index contributed by atoms with van der Waals surface area (Å²) in [6.07, 6.45) is 2.13. The van der Waals surface area contributed by atoms with Crippen LogP contribution in [0.4, 0.5) is 13.9 Å². The molecule has 1 aromatic carbocycles. The van der Waals surface area contributed by atoms with Crippen LogP contribution in [0.5, 0.6) is 0 Å². The van der Waals surface area contributed by atoms with Crippen molar-refractivity contribution >= 4 is 28.2 Å². The van der Waals surface area contributed by atoms with E-state index in [-0.39, 0.29) is 23.6 Å². The Morgan fingerprint density at radius 2 is 2.07 bits per heavy atom. The summed E-state index contributed by atoms with van der Waals surface area (Å²) >= 11 is 1.15. The molecule has 0 saturated carbocycles. The molecule has 0 unspecified atom stereocenters. The van der Waals surface area contributed by atoms with Crippen molar-refractivity contribution in [1.82, 2.24) is 24.6 Å². The summed E-state index contributed by atoms with van der Waals surface area (Å²) in [7, 11) is 0. The van der Waals surface area contributed by atoms with Gasteiger partial charge in [0.15, 0.2) is 5.13 Å². The molecule has 0 aliphatic rings. The fraction of sp³-hybridized carbons (Fsp3) is 0.211. The van der Waals surface area contributed by atoms with Crippen LogP contribution in [-0.2, 0) is 11.2 Å². The van der Waals surface area contributed by atoms with Gasteiger partial charge in [0.1, 0.15) is 18.0 Å². The Morgan fingerprint density at radius 3 is 2.90 bits per heavy atom. The van der Waals surface area contributed by atoms with Crippen LogP contribution >= 0.6 is 11.3 Å². The Bertz CT molecular complexity index is 1220. The number of hydrogen-bond donors (Lipinski definition) is 1. The summed E-state index contributed by atoms with van der Waals surface area (Å²) in [5, 5.41) is 8.74. The minimum absolute atomic E-state index is 0.0557. The van der Waals surface area contributed by atoms with Gasteiger partial charge in [-0.05, 0) is 44.0 Å². The Labute approximate surface area is 168 Å². The summed E-state index contributed by atoms with van der Waals surface area (Å²) < 4.78 is 28.9. The molecule has 0 atom stereocenters. The van der Waals surface area contributed by atoms with Gasteiger partial charge in [-0.25, -0.2) is 23.3 Å². The highest BCUT2D eigenvalue weighted by atomic mass is 32.1. The molecule has 1 amide bonds. The fourth-order valence-corrected chi connectivity index (χ4v) is 3.81. The highest BCUT2D eigenvalue weighted by Crippen LogP contribution is 2.27. The molecule has 0 aliphatic heterocycles. The zero-order valence-electron chi connectivity index (χ0n) is 15.6. The first-order valence-electron chi connectivity index (χ1n) is 8.79. The van der Waals surface area contributed by atoms with Gasteiger partial charge in [0.05, 0.1) is 5.69 Å². The van der Waals surface area contributed by atoms with Gasteiger partial charge in [-0.1, -0.05) is 0 Å². The summed E-state index contributed by atoms with van der Waals surface area (Å²) in [5.74, 6) is -0.837. The maximum atomic E-state index is 13.9. The standard InChI is InChI=1S/C19H16F2N6OS/c1-10-13(11(2)27-18(24-10)22-9-23-27)4-6-17(28)26-19-25-16(8-29-19)14-7-12(20)3-5-15(14)21/h3,5,7-9H,4,6H2,1-2H3,(H,25,26,28). The van der Waals surface area contributed by atoms with Gasteiger partial charge in [-0.15, -0.1) is 11.3 Å². The second-order valence-corrected chi connectivity index (χ2v) is 7.30. The zero-order valence-corrected chi connectivity index (χ0v) is 16.4. The van der Waals surface area contributed by atoms with Gasteiger partial charge >= 0.3 is 0 Å². The van der Waals surface area contributed by atoms with Crippen LogP contribution in [0, 0.1) is 25.5 Å². The van der Waals surface area contributed by atoms with Crippen molar-refractivity contribution in [3.63, 3.8) is 0 Å². The van der Waals surface area contributed by atoms with Gasteiger partial charge in [0.2, 0.25) is 5.91 Å². The number of anilines is 1. The molecule has 10 heteroatoms. The number of fused-ring (bicyclic) bond motifs is 1. The Hall–Kier alpha value is -3.27. The normalized spacial score (nSPS) is 11.2. The molecule has 0 aliphatic carbocycles. The molecule has 1 N–H and O–H groups in total. The van der Waals surface area contributed by atoms with Crippen LogP contribution in [0.1, 0.15) is 23.4 Å². The molecule has 7 nitrogen and oxygen atoms in total. The molecule has 4 rings (SSSR count). The molecule has 0 spiro atoms. The van der Waals surface area contributed by atoms with Crippen LogP contribution in [-0.4, -0.2) is 30.5 Å². The number of carbonyl (C=O) groups is 1. The van der Waals surface area contributed by atoms with E-state index in [1.807, 2.05) is 13.8 Å². The van der Waals surface area contributed by atoms with E-state index in [4.69, 9.17) is 0 Å². The Kier molecular flexibility index (Phi) is 5.01. The van der Waals surface area contributed by atoms with Crippen molar-refractivity contribution in [2.24, 2.45) is 0 Å². The number of nitrogens with one attached hydrogen (secondary N) is 1. The van der Waals surface area contributed by atoms with E-state index in [1.54, 1.807) is 9.90 Å². The van der Waals surface area contributed by atoms with E-state index in [0.717, 1.165) is 46.5 Å². The summed E-state index contributed by atoms with van der Waals surface area (Å²) in [6.45, 7) is 3.78. The highest BCUT2D eigenvalue weighted by molar-refractivity contribution is 7.14. The second kappa shape index (κ2) is 7.63. The van der Waals surface area contributed by atoms with Gasteiger partial charge in [-0.3, -0.25) is 4.79 Å². The summed E-state index contributed by atoms with van der Waals surface area (Å²) in [5.41, 5.74) is 2.94. The van der Waals surface area contributed by atoms with Crippen LogP contribution in [0.2, 0.25) is 0 Å². The number of carbonyl (C=O) groups excluding carboxylic acids is 1. The number of thiazole rings is 1. The number of aryl methyl sites for hydroxylation is 2. The smallest absolute Gasteiger partial charge is 0.252 e. The first-order chi connectivity index (χ1) is 13.9. The van der Waals surface area contributed by atoms with Crippen LogP contribution in [0.15, 0.2) is 29.9 Å². The average Bonchev–Trinajstić information content (AvgIpc) is 3.33. The summed E-state index contributed by atoms with van der Waals surface area (Å²) in [6, 6.07) is 3.17. The van der Waals surface area contributed by atoms with Crippen molar-refractivity contribution in [1.29, 1.82) is 0 Å². The third-order valence-electron chi connectivity index (χ3n) is 4.55. The zero-order chi connectivity index (χ0) is 20.5.